The molecule has 2 atom stereocenters. The number of carboxylic acids is 1. The molecule has 3 nitrogen and oxygen atoms in total. The highest BCUT2D eigenvalue weighted by atomic mass is 16.4. The number of nitrogens with zero attached hydrogens (tertiary/aromatic N) is 1. The molecule has 1 aromatic rings. The molecule has 1 aromatic carbocycles. The Morgan fingerprint density at radius 2 is 1.76 bits per heavy atom. The molecule has 0 aliphatic carbocycles. The van der Waals surface area contributed by atoms with Crippen LogP contribution >= 0.6 is 0 Å². The van der Waals surface area contributed by atoms with Gasteiger partial charge in [0, 0.05) is 6.04 Å². The molecule has 0 bridgehead atoms. The van der Waals surface area contributed by atoms with Crippen molar-refractivity contribution in [2.45, 2.75) is 58.4 Å². The van der Waals surface area contributed by atoms with Gasteiger partial charge in [-0.25, -0.2) is 0 Å². The molecule has 0 spiro atoms. The number of rotatable bonds is 9. The van der Waals surface area contributed by atoms with E-state index >= 15 is 0 Å². The van der Waals surface area contributed by atoms with Crippen LogP contribution in [0.1, 0.15) is 52.5 Å². The molecule has 0 aliphatic rings. The number of carbonyl (C=O) groups is 1. The summed E-state index contributed by atoms with van der Waals surface area (Å²) in [5.74, 6) is -0.707. The molecule has 1 rings (SSSR count). The summed E-state index contributed by atoms with van der Waals surface area (Å²) in [7, 11) is 0. The molecule has 2 unspecified atom stereocenters. The number of hydrogen-bond donors (Lipinski definition) is 1. The van der Waals surface area contributed by atoms with Gasteiger partial charge in [-0.3, -0.25) is 9.69 Å². The van der Waals surface area contributed by atoms with Crippen molar-refractivity contribution >= 4 is 5.97 Å². The van der Waals surface area contributed by atoms with E-state index in [1.165, 1.54) is 0 Å². The van der Waals surface area contributed by atoms with Crippen LogP contribution < -0.4 is 0 Å². The van der Waals surface area contributed by atoms with Crippen LogP contribution in [-0.2, 0) is 10.2 Å². The minimum absolute atomic E-state index is 0.0288. The summed E-state index contributed by atoms with van der Waals surface area (Å²) >= 11 is 0. The van der Waals surface area contributed by atoms with Crippen molar-refractivity contribution in [2.75, 3.05) is 13.1 Å². The Balaban J connectivity index is 3.34. The van der Waals surface area contributed by atoms with Gasteiger partial charge < -0.3 is 5.11 Å². The Kier molecular flexibility index (Phi) is 6.90. The number of carboxylic acid groups (broad SMARTS) is 1. The Labute approximate surface area is 129 Å². The minimum atomic E-state index is -0.830. The standard InChI is InChI=1S/C18H29NO2/c1-5-8-14-18(17(20)21,15(4)19(6-2)7-3)16-12-10-9-11-13-16/h9-13,15H,5-8,14H2,1-4H3,(H,20,21). The lowest BCUT2D eigenvalue weighted by Crippen LogP contribution is -2.53. The fraction of sp³-hybridized carbons (Fsp3) is 0.611. The first-order valence-corrected chi connectivity index (χ1v) is 8.07. The lowest BCUT2D eigenvalue weighted by atomic mass is 9.70. The van der Waals surface area contributed by atoms with E-state index < -0.39 is 11.4 Å². The molecular formula is C18H29NO2. The van der Waals surface area contributed by atoms with Gasteiger partial charge in [0.05, 0.1) is 0 Å². The Morgan fingerprint density at radius 1 is 1.19 bits per heavy atom. The summed E-state index contributed by atoms with van der Waals surface area (Å²) in [6.45, 7) is 10.1. The van der Waals surface area contributed by atoms with E-state index in [2.05, 4.69) is 32.6 Å². The third-order valence-corrected chi connectivity index (χ3v) is 4.67. The van der Waals surface area contributed by atoms with Crippen LogP contribution in [0.25, 0.3) is 0 Å². The summed E-state index contributed by atoms with van der Waals surface area (Å²) < 4.78 is 0. The molecule has 0 fully saturated rings. The van der Waals surface area contributed by atoms with E-state index in [1.807, 2.05) is 30.3 Å². The largest absolute Gasteiger partial charge is 0.481 e. The second kappa shape index (κ2) is 8.18. The minimum Gasteiger partial charge on any atom is -0.481 e. The average Bonchev–Trinajstić information content (AvgIpc) is 2.50. The van der Waals surface area contributed by atoms with Gasteiger partial charge in [-0.2, -0.15) is 0 Å². The van der Waals surface area contributed by atoms with Crippen LogP contribution in [0.5, 0.6) is 0 Å². The first kappa shape index (κ1) is 17.7. The Hall–Kier alpha value is -1.35. The summed E-state index contributed by atoms with van der Waals surface area (Å²) in [4.78, 5) is 14.5. The fourth-order valence-corrected chi connectivity index (χ4v) is 3.28. The third kappa shape index (κ3) is 3.65. The number of likely N-dealkylation sites (N-methyl/N-ethyl adjacent to an activating group) is 1. The molecule has 1 N–H and O–H groups in total. The van der Waals surface area contributed by atoms with Crippen LogP contribution in [0.2, 0.25) is 0 Å². The van der Waals surface area contributed by atoms with Crippen molar-refractivity contribution in [3.63, 3.8) is 0 Å². The molecule has 0 heterocycles. The molecule has 21 heavy (non-hydrogen) atoms. The quantitative estimate of drug-likeness (QED) is 0.749. The first-order chi connectivity index (χ1) is 10.0. The molecule has 3 heteroatoms. The number of benzene rings is 1. The molecule has 0 amide bonds. The predicted molar refractivity (Wildman–Crippen MR) is 87.7 cm³/mol. The lowest BCUT2D eigenvalue weighted by molar-refractivity contribution is -0.147. The first-order valence-electron chi connectivity index (χ1n) is 8.07. The van der Waals surface area contributed by atoms with Gasteiger partial charge in [0.2, 0.25) is 0 Å². The van der Waals surface area contributed by atoms with Crippen LogP contribution in [0.4, 0.5) is 0 Å². The second-order valence-electron chi connectivity index (χ2n) is 5.64. The summed E-state index contributed by atoms with van der Waals surface area (Å²) in [6.07, 6.45) is 2.61. The highest BCUT2D eigenvalue weighted by Gasteiger charge is 2.46. The van der Waals surface area contributed by atoms with Crippen molar-refractivity contribution in [2.24, 2.45) is 0 Å². The SMILES string of the molecule is CCCCC(C(=O)O)(c1ccccc1)C(C)N(CC)CC. The lowest BCUT2D eigenvalue weighted by Gasteiger charge is -2.41. The molecular weight excluding hydrogens is 262 g/mol. The normalized spacial score (nSPS) is 15.7. The highest BCUT2D eigenvalue weighted by Crippen LogP contribution is 2.36. The van der Waals surface area contributed by atoms with Gasteiger partial charge in [0.1, 0.15) is 5.41 Å². The Bertz CT molecular complexity index is 428. The van der Waals surface area contributed by atoms with Crippen molar-refractivity contribution in [1.82, 2.24) is 4.90 Å². The van der Waals surface area contributed by atoms with Gasteiger partial charge in [-0.15, -0.1) is 0 Å². The molecule has 0 saturated carbocycles. The summed E-state index contributed by atoms with van der Waals surface area (Å²) in [6, 6.07) is 9.71. The van der Waals surface area contributed by atoms with E-state index in [-0.39, 0.29) is 6.04 Å². The topological polar surface area (TPSA) is 40.5 Å². The maximum absolute atomic E-state index is 12.3. The number of unbranched alkanes of at least 4 members (excludes halogenated alkanes) is 1. The van der Waals surface area contributed by atoms with Crippen molar-refractivity contribution in [3.8, 4) is 0 Å². The van der Waals surface area contributed by atoms with E-state index in [9.17, 15) is 9.90 Å². The van der Waals surface area contributed by atoms with E-state index in [0.29, 0.717) is 6.42 Å². The zero-order valence-corrected chi connectivity index (χ0v) is 13.8. The molecule has 0 aromatic heterocycles. The van der Waals surface area contributed by atoms with Gasteiger partial charge in [-0.1, -0.05) is 63.9 Å². The maximum Gasteiger partial charge on any atom is 0.315 e. The molecule has 0 saturated heterocycles. The molecule has 0 aliphatic heterocycles. The maximum atomic E-state index is 12.3. The number of hydrogen-bond acceptors (Lipinski definition) is 2. The van der Waals surface area contributed by atoms with Gasteiger partial charge in [0.25, 0.3) is 0 Å². The van der Waals surface area contributed by atoms with E-state index in [0.717, 1.165) is 31.5 Å². The van der Waals surface area contributed by atoms with Gasteiger partial charge >= 0.3 is 5.97 Å². The molecule has 118 valence electrons. The van der Waals surface area contributed by atoms with Crippen molar-refractivity contribution < 1.29 is 9.90 Å². The van der Waals surface area contributed by atoms with Crippen LogP contribution in [0.15, 0.2) is 30.3 Å². The Morgan fingerprint density at radius 3 is 2.19 bits per heavy atom. The van der Waals surface area contributed by atoms with Crippen molar-refractivity contribution in [3.05, 3.63) is 35.9 Å². The van der Waals surface area contributed by atoms with Crippen LogP contribution in [-0.4, -0.2) is 35.1 Å². The van der Waals surface area contributed by atoms with Gasteiger partial charge in [0.15, 0.2) is 0 Å². The van der Waals surface area contributed by atoms with E-state index in [4.69, 9.17) is 0 Å². The zero-order valence-electron chi connectivity index (χ0n) is 13.8. The summed E-state index contributed by atoms with van der Waals surface area (Å²) in [5.41, 5.74) is 0.0916. The monoisotopic (exact) mass is 291 g/mol. The smallest absolute Gasteiger partial charge is 0.315 e. The van der Waals surface area contributed by atoms with E-state index in [1.54, 1.807) is 0 Å². The second-order valence-corrected chi connectivity index (χ2v) is 5.64. The highest BCUT2D eigenvalue weighted by molar-refractivity contribution is 5.82. The number of aliphatic carboxylic acids is 1. The van der Waals surface area contributed by atoms with Crippen molar-refractivity contribution in [1.29, 1.82) is 0 Å². The average molecular weight is 291 g/mol. The third-order valence-electron chi connectivity index (χ3n) is 4.67. The van der Waals surface area contributed by atoms with Crippen LogP contribution in [0.3, 0.4) is 0 Å². The molecule has 0 radical (unpaired) electrons. The summed E-state index contributed by atoms with van der Waals surface area (Å²) in [5, 5.41) is 10.1. The predicted octanol–water partition coefficient (Wildman–Crippen LogP) is 3.93. The zero-order chi connectivity index (χ0) is 15.9. The van der Waals surface area contributed by atoms with Crippen LogP contribution in [0, 0.1) is 0 Å². The fourth-order valence-electron chi connectivity index (χ4n) is 3.28. The van der Waals surface area contributed by atoms with Gasteiger partial charge in [-0.05, 0) is 32.0 Å².